The van der Waals surface area contributed by atoms with Crippen LogP contribution in [0.2, 0.25) is 5.02 Å². The van der Waals surface area contributed by atoms with Crippen molar-refractivity contribution in [2.45, 2.75) is 19.8 Å². The van der Waals surface area contributed by atoms with Crippen LogP contribution >= 0.6 is 23.8 Å². The van der Waals surface area contributed by atoms with E-state index in [0.29, 0.717) is 33.7 Å². The minimum atomic E-state index is 0.373. The van der Waals surface area contributed by atoms with Crippen molar-refractivity contribution < 1.29 is 9.47 Å². The maximum Gasteiger partial charge on any atom is 0.216 e. The van der Waals surface area contributed by atoms with Crippen LogP contribution in [-0.2, 0) is 0 Å². The number of H-pyrrole nitrogens is 1. The summed E-state index contributed by atoms with van der Waals surface area (Å²) in [4.78, 5) is 0. The Morgan fingerprint density at radius 2 is 2.07 bits per heavy atom. The maximum absolute atomic E-state index is 6.28. The van der Waals surface area contributed by atoms with Gasteiger partial charge in [0.25, 0.3) is 0 Å². The minimum absolute atomic E-state index is 0.373. The first-order valence-corrected chi connectivity index (χ1v) is 9.70. The summed E-state index contributed by atoms with van der Waals surface area (Å²) >= 11 is 11.6. The van der Waals surface area contributed by atoms with Crippen LogP contribution in [0.5, 0.6) is 11.5 Å². The van der Waals surface area contributed by atoms with E-state index in [1.54, 1.807) is 19.4 Å². The van der Waals surface area contributed by atoms with Gasteiger partial charge < -0.3 is 9.47 Å². The van der Waals surface area contributed by atoms with Gasteiger partial charge in [0.15, 0.2) is 17.3 Å². The first kappa shape index (κ1) is 20.1. The lowest BCUT2D eigenvalue weighted by atomic mass is 10.2. The number of methoxy groups -OCH3 is 1. The number of aromatic nitrogens is 3. The lowest BCUT2D eigenvalue weighted by Gasteiger charge is -2.10. The van der Waals surface area contributed by atoms with Crippen molar-refractivity contribution >= 4 is 30.0 Å². The molecular weight excluding hydrogens is 396 g/mol. The Bertz CT molecular complexity index is 1030. The Hall–Kier alpha value is -2.64. The van der Waals surface area contributed by atoms with Gasteiger partial charge in [-0.1, -0.05) is 37.1 Å². The molecule has 146 valence electrons. The van der Waals surface area contributed by atoms with Crippen molar-refractivity contribution in [3.8, 4) is 22.9 Å². The molecule has 0 aliphatic heterocycles. The molecule has 0 aliphatic rings. The molecule has 1 aromatic heterocycles. The normalized spacial score (nSPS) is 11.1. The molecule has 0 aliphatic carbocycles. The van der Waals surface area contributed by atoms with Crippen LogP contribution in [-0.4, -0.2) is 34.8 Å². The zero-order valence-corrected chi connectivity index (χ0v) is 17.3. The van der Waals surface area contributed by atoms with E-state index in [-0.39, 0.29) is 0 Å². The first-order valence-electron chi connectivity index (χ1n) is 8.91. The monoisotopic (exact) mass is 416 g/mol. The van der Waals surface area contributed by atoms with Crippen LogP contribution in [0.15, 0.2) is 47.6 Å². The highest BCUT2D eigenvalue weighted by Gasteiger charge is 2.11. The molecule has 6 nitrogen and oxygen atoms in total. The predicted octanol–water partition coefficient (Wildman–Crippen LogP) is 5.33. The fourth-order valence-electron chi connectivity index (χ4n) is 2.55. The molecule has 0 atom stereocenters. The lowest BCUT2D eigenvalue weighted by Crippen LogP contribution is -2.00. The lowest BCUT2D eigenvalue weighted by molar-refractivity contribution is 0.288. The molecule has 3 aromatic rings. The number of hydrogen-bond donors (Lipinski definition) is 1. The summed E-state index contributed by atoms with van der Waals surface area (Å²) in [5, 5.41) is 12.1. The number of nitrogens with one attached hydrogen (secondary N) is 1. The van der Waals surface area contributed by atoms with Gasteiger partial charge in [0.05, 0.1) is 25.0 Å². The van der Waals surface area contributed by atoms with Crippen LogP contribution in [0.4, 0.5) is 0 Å². The highest BCUT2D eigenvalue weighted by atomic mass is 35.5. The van der Waals surface area contributed by atoms with Crippen molar-refractivity contribution in [3.63, 3.8) is 0 Å². The smallest absolute Gasteiger partial charge is 0.216 e. The standard InChI is InChI=1S/C20H21ClN4O2S/c1-3-4-11-27-17-10-9-14(12-18(17)26-2)13-22-25-19(23-24-20(25)28)15-7-5-6-8-16(15)21/h5-10,12-13H,3-4,11H2,1-2H3,(H,24,28)/b22-13-. The third-order valence-corrected chi connectivity index (χ3v) is 4.62. The SMILES string of the molecule is CCCCOc1ccc(/C=N\n2c(-c3ccccc3Cl)n[nH]c2=S)cc1OC. The van der Waals surface area contributed by atoms with Crippen molar-refractivity contribution in [1.29, 1.82) is 0 Å². The van der Waals surface area contributed by atoms with Gasteiger partial charge in [-0.2, -0.15) is 14.9 Å². The molecule has 0 fully saturated rings. The van der Waals surface area contributed by atoms with Gasteiger partial charge in [0.2, 0.25) is 4.77 Å². The number of nitrogens with zero attached hydrogens (tertiary/aromatic N) is 3. The highest BCUT2D eigenvalue weighted by Crippen LogP contribution is 2.28. The van der Waals surface area contributed by atoms with Crippen molar-refractivity contribution in [1.82, 2.24) is 14.9 Å². The van der Waals surface area contributed by atoms with Crippen LogP contribution in [0.3, 0.4) is 0 Å². The van der Waals surface area contributed by atoms with Gasteiger partial charge in [-0.05, 0) is 54.5 Å². The van der Waals surface area contributed by atoms with Gasteiger partial charge >= 0.3 is 0 Å². The zero-order chi connectivity index (χ0) is 19.9. The summed E-state index contributed by atoms with van der Waals surface area (Å²) < 4.78 is 13.1. The number of benzene rings is 2. The third-order valence-electron chi connectivity index (χ3n) is 4.03. The number of hydrogen-bond acceptors (Lipinski definition) is 5. The predicted molar refractivity (Wildman–Crippen MR) is 114 cm³/mol. The van der Waals surface area contributed by atoms with Gasteiger partial charge in [-0.3, -0.25) is 0 Å². The van der Waals surface area contributed by atoms with Crippen molar-refractivity contribution in [2.24, 2.45) is 5.10 Å². The quantitative estimate of drug-likeness (QED) is 0.306. The summed E-state index contributed by atoms with van der Waals surface area (Å²) in [5.41, 5.74) is 1.58. The van der Waals surface area contributed by atoms with E-state index in [1.807, 2.05) is 36.4 Å². The average Bonchev–Trinajstić information content (AvgIpc) is 3.07. The fraction of sp³-hybridized carbons (Fsp3) is 0.250. The topological polar surface area (TPSA) is 64.4 Å². The summed E-state index contributed by atoms with van der Waals surface area (Å²) in [6.07, 6.45) is 3.76. The largest absolute Gasteiger partial charge is 0.493 e. The molecule has 2 aromatic carbocycles. The Morgan fingerprint density at radius 1 is 1.25 bits per heavy atom. The number of rotatable bonds is 8. The van der Waals surface area contributed by atoms with E-state index in [9.17, 15) is 0 Å². The van der Waals surface area contributed by atoms with Gasteiger partial charge in [0.1, 0.15) is 0 Å². The molecule has 0 amide bonds. The second-order valence-electron chi connectivity index (χ2n) is 6.00. The number of halogens is 1. The van der Waals surface area contributed by atoms with Gasteiger partial charge in [0, 0.05) is 5.56 Å². The van der Waals surface area contributed by atoms with E-state index >= 15 is 0 Å². The zero-order valence-electron chi connectivity index (χ0n) is 15.7. The Morgan fingerprint density at radius 3 is 2.82 bits per heavy atom. The first-order chi connectivity index (χ1) is 13.6. The van der Waals surface area contributed by atoms with Gasteiger partial charge in [-0.15, -0.1) is 0 Å². The maximum atomic E-state index is 6.28. The second kappa shape index (κ2) is 9.52. The van der Waals surface area contributed by atoms with Crippen LogP contribution in [0.1, 0.15) is 25.3 Å². The van der Waals surface area contributed by atoms with Crippen LogP contribution in [0.25, 0.3) is 11.4 Å². The van der Waals surface area contributed by atoms with Crippen LogP contribution in [0, 0.1) is 4.77 Å². The molecule has 0 bridgehead atoms. The summed E-state index contributed by atoms with van der Waals surface area (Å²) in [7, 11) is 1.62. The summed E-state index contributed by atoms with van der Waals surface area (Å²) in [6, 6.07) is 13.1. The fourth-order valence-corrected chi connectivity index (χ4v) is 2.95. The number of unbranched alkanes of at least 4 members (excludes halogenated alkanes) is 1. The number of aromatic amines is 1. The molecule has 0 radical (unpaired) electrons. The van der Waals surface area contributed by atoms with Gasteiger partial charge in [-0.25, -0.2) is 5.10 Å². The Labute approximate surface area is 173 Å². The molecule has 28 heavy (non-hydrogen) atoms. The van der Waals surface area contributed by atoms with E-state index in [4.69, 9.17) is 33.3 Å². The van der Waals surface area contributed by atoms with Crippen molar-refractivity contribution in [3.05, 3.63) is 57.8 Å². The van der Waals surface area contributed by atoms with E-state index in [1.165, 1.54) is 4.68 Å². The third kappa shape index (κ3) is 4.61. The number of ether oxygens (including phenoxy) is 2. The average molecular weight is 417 g/mol. The molecule has 3 rings (SSSR count). The van der Waals surface area contributed by atoms with E-state index in [2.05, 4.69) is 22.2 Å². The van der Waals surface area contributed by atoms with Crippen LogP contribution < -0.4 is 9.47 Å². The molecule has 0 saturated heterocycles. The Balaban J connectivity index is 1.88. The molecule has 0 unspecified atom stereocenters. The highest BCUT2D eigenvalue weighted by molar-refractivity contribution is 7.71. The molecule has 0 spiro atoms. The second-order valence-corrected chi connectivity index (χ2v) is 6.79. The molecular formula is C20H21ClN4O2S. The molecule has 8 heteroatoms. The van der Waals surface area contributed by atoms with E-state index in [0.717, 1.165) is 24.0 Å². The minimum Gasteiger partial charge on any atom is -0.493 e. The van der Waals surface area contributed by atoms with E-state index < -0.39 is 0 Å². The van der Waals surface area contributed by atoms with Crippen molar-refractivity contribution in [2.75, 3.05) is 13.7 Å². The Kier molecular flexibility index (Phi) is 6.84. The summed E-state index contributed by atoms with van der Waals surface area (Å²) in [5.74, 6) is 1.91. The molecule has 1 N–H and O–H groups in total. The molecule has 0 saturated carbocycles. The molecule has 1 heterocycles. The summed E-state index contributed by atoms with van der Waals surface area (Å²) in [6.45, 7) is 2.78.